The molecule has 4 nitrogen and oxygen atoms in total. The molecule has 142 valence electrons. The molecule has 2 fully saturated rings. The van der Waals surface area contributed by atoms with Gasteiger partial charge in [0.25, 0.3) is 0 Å². The summed E-state index contributed by atoms with van der Waals surface area (Å²) in [6.07, 6.45) is 0.556. The molecular weight excluding hydrogens is 397 g/mol. The lowest BCUT2D eigenvalue weighted by Crippen LogP contribution is -2.39. The highest BCUT2D eigenvalue weighted by Gasteiger charge is 2.17. The maximum atomic E-state index is 12.2. The fraction of sp³-hybridized carbons (Fsp3) is 0.588. The van der Waals surface area contributed by atoms with Crippen LogP contribution in [0.5, 0.6) is 0 Å². The summed E-state index contributed by atoms with van der Waals surface area (Å²) in [5.74, 6) is 4.73. The predicted octanol–water partition coefficient (Wildman–Crippen LogP) is 3.11. The van der Waals surface area contributed by atoms with Gasteiger partial charge in [-0.2, -0.15) is 23.5 Å². The van der Waals surface area contributed by atoms with E-state index in [2.05, 4.69) is 27.7 Å². The van der Waals surface area contributed by atoms with Crippen LogP contribution in [0.2, 0.25) is 0 Å². The lowest BCUT2D eigenvalue weighted by molar-refractivity contribution is -0.116. The molecule has 0 bridgehead atoms. The van der Waals surface area contributed by atoms with Crippen molar-refractivity contribution in [1.29, 1.82) is 0 Å². The van der Waals surface area contributed by atoms with Crippen molar-refractivity contribution in [2.75, 3.05) is 48.0 Å². The van der Waals surface area contributed by atoms with Crippen LogP contribution in [0.3, 0.4) is 0 Å². The van der Waals surface area contributed by atoms with Crippen LogP contribution in [-0.4, -0.2) is 59.5 Å². The van der Waals surface area contributed by atoms with E-state index in [9.17, 15) is 4.79 Å². The van der Waals surface area contributed by atoms with Crippen LogP contribution < -0.4 is 10.6 Å². The van der Waals surface area contributed by atoms with Gasteiger partial charge in [0.1, 0.15) is 0 Å². The standard InChI is InChI=1S/C17H25N3OS2.2ClH/c21-17(11-16-13-23-7-4-18-16)19-15-3-1-2-14(10-15)12-20-5-8-22-9-6-20;;/h1-3,10,16,18H,4-9,11-13H2,(H,19,21);2*1H. The van der Waals surface area contributed by atoms with Gasteiger partial charge in [-0.1, -0.05) is 12.1 Å². The van der Waals surface area contributed by atoms with Crippen LogP contribution in [-0.2, 0) is 11.3 Å². The molecule has 1 aromatic rings. The summed E-state index contributed by atoms with van der Waals surface area (Å²) in [4.78, 5) is 14.7. The Kier molecular flexibility index (Phi) is 11.3. The first-order valence-electron chi connectivity index (χ1n) is 8.29. The minimum Gasteiger partial charge on any atom is -0.326 e. The zero-order valence-corrected chi connectivity index (χ0v) is 17.5. The van der Waals surface area contributed by atoms with Crippen LogP contribution in [0.4, 0.5) is 5.69 Å². The van der Waals surface area contributed by atoms with E-state index in [-0.39, 0.29) is 30.7 Å². The van der Waals surface area contributed by atoms with E-state index in [0.29, 0.717) is 12.5 Å². The Balaban J connectivity index is 0.00000156. The van der Waals surface area contributed by atoms with E-state index in [1.54, 1.807) is 0 Å². The van der Waals surface area contributed by atoms with Gasteiger partial charge in [0.15, 0.2) is 0 Å². The average Bonchev–Trinajstić information content (AvgIpc) is 2.57. The number of hydrogen-bond donors (Lipinski definition) is 2. The van der Waals surface area contributed by atoms with Crippen molar-refractivity contribution < 1.29 is 4.79 Å². The smallest absolute Gasteiger partial charge is 0.225 e. The molecule has 3 rings (SSSR count). The normalized spacial score (nSPS) is 20.9. The van der Waals surface area contributed by atoms with E-state index < -0.39 is 0 Å². The highest BCUT2D eigenvalue weighted by atomic mass is 35.5. The molecule has 2 N–H and O–H groups in total. The number of nitrogens with zero attached hydrogens (tertiary/aromatic N) is 1. The number of rotatable bonds is 5. The highest BCUT2D eigenvalue weighted by Crippen LogP contribution is 2.17. The third-order valence-corrected chi connectivity index (χ3v) is 6.22. The molecule has 0 aromatic heterocycles. The number of benzene rings is 1. The zero-order chi connectivity index (χ0) is 15.9. The van der Waals surface area contributed by atoms with Crippen LogP contribution in [0.15, 0.2) is 24.3 Å². The van der Waals surface area contributed by atoms with E-state index in [4.69, 9.17) is 0 Å². The fourth-order valence-electron chi connectivity index (χ4n) is 2.95. The summed E-state index contributed by atoms with van der Waals surface area (Å²) in [7, 11) is 0. The number of carbonyl (C=O) groups excluding carboxylic acids is 1. The van der Waals surface area contributed by atoms with Gasteiger partial charge >= 0.3 is 0 Å². The Bertz CT molecular complexity index is 524. The van der Waals surface area contributed by atoms with Crippen molar-refractivity contribution in [3.05, 3.63) is 29.8 Å². The van der Waals surface area contributed by atoms with Gasteiger partial charge in [-0.05, 0) is 17.7 Å². The molecule has 2 saturated heterocycles. The van der Waals surface area contributed by atoms with Crippen molar-refractivity contribution in [3.63, 3.8) is 0 Å². The van der Waals surface area contributed by atoms with Gasteiger partial charge < -0.3 is 10.6 Å². The van der Waals surface area contributed by atoms with E-state index >= 15 is 0 Å². The second kappa shape index (κ2) is 12.3. The van der Waals surface area contributed by atoms with Crippen molar-refractivity contribution in [2.24, 2.45) is 0 Å². The lowest BCUT2D eigenvalue weighted by atomic mass is 10.1. The summed E-state index contributed by atoms with van der Waals surface area (Å²) >= 11 is 3.95. The molecule has 8 heteroatoms. The first-order chi connectivity index (χ1) is 11.3. The third-order valence-electron chi connectivity index (χ3n) is 4.15. The fourth-order valence-corrected chi connectivity index (χ4v) is 4.88. The van der Waals surface area contributed by atoms with Crippen molar-refractivity contribution >= 4 is 59.9 Å². The number of nitrogens with one attached hydrogen (secondary N) is 2. The summed E-state index contributed by atoms with van der Waals surface area (Å²) in [6.45, 7) is 4.30. The van der Waals surface area contributed by atoms with Crippen molar-refractivity contribution in [2.45, 2.75) is 19.0 Å². The molecule has 2 aliphatic heterocycles. The molecule has 0 saturated carbocycles. The summed E-state index contributed by atoms with van der Waals surface area (Å²) in [6, 6.07) is 8.59. The van der Waals surface area contributed by atoms with Gasteiger partial charge in [-0.15, -0.1) is 24.8 Å². The number of thioether (sulfide) groups is 2. The van der Waals surface area contributed by atoms with Crippen molar-refractivity contribution in [3.8, 4) is 0 Å². The van der Waals surface area contributed by atoms with Gasteiger partial charge in [0.05, 0.1) is 0 Å². The maximum Gasteiger partial charge on any atom is 0.225 e. The zero-order valence-electron chi connectivity index (χ0n) is 14.2. The Labute approximate surface area is 171 Å². The molecule has 1 amide bonds. The molecular formula is C17H27Cl2N3OS2. The number of amides is 1. The van der Waals surface area contributed by atoms with Crippen LogP contribution in [0.1, 0.15) is 12.0 Å². The molecule has 2 aliphatic rings. The Morgan fingerprint density at radius 1 is 1.20 bits per heavy atom. The molecule has 0 spiro atoms. The van der Waals surface area contributed by atoms with Crippen LogP contribution in [0, 0.1) is 0 Å². The maximum absolute atomic E-state index is 12.2. The number of carbonyl (C=O) groups is 1. The second-order valence-electron chi connectivity index (χ2n) is 6.07. The first-order valence-corrected chi connectivity index (χ1v) is 10.6. The lowest BCUT2D eigenvalue weighted by Gasteiger charge is -2.26. The molecule has 0 radical (unpaired) electrons. The SMILES string of the molecule is Cl.Cl.O=C(CC1CSCCN1)Nc1cccc(CN2CCSCC2)c1. The Morgan fingerprint density at radius 2 is 2.00 bits per heavy atom. The molecule has 1 aromatic carbocycles. The predicted molar refractivity (Wildman–Crippen MR) is 116 cm³/mol. The van der Waals surface area contributed by atoms with Crippen molar-refractivity contribution in [1.82, 2.24) is 10.2 Å². The Morgan fingerprint density at radius 3 is 2.72 bits per heavy atom. The molecule has 1 unspecified atom stereocenters. The average molecular weight is 424 g/mol. The van der Waals surface area contributed by atoms with E-state index in [0.717, 1.165) is 43.4 Å². The van der Waals surface area contributed by atoms with Crippen LogP contribution >= 0.6 is 48.3 Å². The molecule has 25 heavy (non-hydrogen) atoms. The van der Waals surface area contributed by atoms with Gasteiger partial charge in [0, 0.05) is 67.3 Å². The van der Waals surface area contributed by atoms with E-state index in [1.807, 2.05) is 35.7 Å². The quantitative estimate of drug-likeness (QED) is 0.761. The number of hydrogen-bond acceptors (Lipinski definition) is 5. The van der Waals surface area contributed by atoms with E-state index in [1.165, 1.54) is 17.1 Å². The minimum absolute atomic E-state index is 0. The summed E-state index contributed by atoms with van der Waals surface area (Å²) < 4.78 is 0. The summed E-state index contributed by atoms with van der Waals surface area (Å²) in [5.41, 5.74) is 2.20. The third kappa shape index (κ3) is 7.97. The number of halogens is 2. The first kappa shape index (κ1) is 22.9. The molecule has 2 heterocycles. The number of anilines is 1. The van der Waals surface area contributed by atoms with Gasteiger partial charge in [-0.3, -0.25) is 9.69 Å². The van der Waals surface area contributed by atoms with Crippen LogP contribution in [0.25, 0.3) is 0 Å². The molecule has 1 atom stereocenters. The minimum atomic E-state index is 0. The largest absolute Gasteiger partial charge is 0.326 e. The molecule has 0 aliphatic carbocycles. The highest BCUT2D eigenvalue weighted by molar-refractivity contribution is 7.99. The van der Waals surface area contributed by atoms with Gasteiger partial charge in [-0.25, -0.2) is 0 Å². The Hall–Kier alpha value is -0.110. The topological polar surface area (TPSA) is 44.4 Å². The second-order valence-corrected chi connectivity index (χ2v) is 8.44. The monoisotopic (exact) mass is 423 g/mol. The summed E-state index contributed by atoms with van der Waals surface area (Å²) in [5, 5.41) is 6.47. The van der Waals surface area contributed by atoms with Gasteiger partial charge in [0.2, 0.25) is 5.91 Å².